The van der Waals surface area contributed by atoms with E-state index < -0.39 is 10.8 Å². The Morgan fingerprint density at radius 2 is 1.94 bits per heavy atom. The molecule has 0 fully saturated rings. The van der Waals surface area contributed by atoms with Gasteiger partial charge in [0, 0.05) is 35.4 Å². The van der Waals surface area contributed by atoms with E-state index in [0.717, 1.165) is 23.6 Å². The van der Waals surface area contributed by atoms with Crippen molar-refractivity contribution in [3.63, 3.8) is 0 Å². The standard InChI is InChI=1S/C13H21NO3S/c1-10(14-7-8-18(4)15)11-5-6-12(16-2)13(9-11)17-3/h5-6,9-10,14H,7-8H2,1-4H3. The van der Waals surface area contributed by atoms with E-state index in [1.807, 2.05) is 18.2 Å². The third-order valence-corrected chi connectivity index (χ3v) is 3.53. The Morgan fingerprint density at radius 1 is 1.28 bits per heavy atom. The number of nitrogens with one attached hydrogen (secondary N) is 1. The van der Waals surface area contributed by atoms with Gasteiger partial charge in [-0.25, -0.2) is 0 Å². The molecule has 1 aromatic carbocycles. The molecule has 102 valence electrons. The second-order valence-corrected chi connectivity index (χ2v) is 5.62. The third kappa shape index (κ3) is 4.31. The van der Waals surface area contributed by atoms with E-state index >= 15 is 0 Å². The van der Waals surface area contributed by atoms with Gasteiger partial charge in [-0.1, -0.05) is 6.07 Å². The lowest BCUT2D eigenvalue weighted by atomic mass is 10.1. The molecule has 0 aliphatic carbocycles. The zero-order valence-corrected chi connectivity index (χ0v) is 12.2. The second-order valence-electron chi connectivity index (χ2n) is 4.07. The van der Waals surface area contributed by atoms with Gasteiger partial charge in [0.2, 0.25) is 0 Å². The van der Waals surface area contributed by atoms with Crippen LogP contribution in [0.3, 0.4) is 0 Å². The minimum Gasteiger partial charge on any atom is -0.493 e. The first kappa shape index (κ1) is 15.0. The van der Waals surface area contributed by atoms with E-state index in [2.05, 4.69) is 12.2 Å². The molecule has 0 amide bonds. The zero-order valence-electron chi connectivity index (χ0n) is 11.4. The largest absolute Gasteiger partial charge is 0.493 e. The highest BCUT2D eigenvalue weighted by Crippen LogP contribution is 2.29. The summed E-state index contributed by atoms with van der Waals surface area (Å²) in [7, 11) is 2.49. The highest BCUT2D eigenvalue weighted by Gasteiger charge is 2.09. The number of hydrogen-bond donors (Lipinski definition) is 1. The molecule has 0 bridgehead atoms. The number of benzene rings is 1. The van der Waals surface area contributed by atoms with Crippen LogP contribution in [0.4, 0.5) is 0 Å². The van der Waals surface area contributed by atoms with Crippen LogP contribution in [0.2, 0.25) is 0 Å². The molecule has 0 aromatic heterocycles. The van der Waals surface area contributed by atoms with Crippen molar-refractivity contribution in [3.8, 4) is 11.5 Å². The predicted molar refractivity (Wildman–Crippen MR) is 74.9 cm³/mol. The molecule has 1 N–H and O–H groups in total. The van der Waals surface area contributed by atoms with Crippen molar-refractivity contribution < 1.29 is 13.7 Å². The second kappa shape index (κ2) is 7.38. The zero-order chi connectivity index (χ0) is 13.5. The van der Waals surface area contributed by atoms with E-state index in [9.17, 15) is 4.21 Å². The van der Waals surface area contributed by atoms with Crippen molar-refractivity contribution in [3.05, 3.63) is 23.8 Å². The fraction of sp³-hybridized carbons (Fsp3) is 0.538. The van der Waals surface area contributed by atoms with Crippen LogP contribution in [0.25, 0.3) is 0 Å². The Bertz CT molecular complexity index is 409. The first-order valence-corrected chi connectivity index (χ1v) is 7.56. The lowest BCUT2D eigenvalue weighted by Crippen LogP contribution is -2.23. The summed E-state index contributed by atoms with van der Waals surface area (Å²) in [5.41, 5.74) is 1.12. The maximum atomic E-state index is 11.0. The van der Waals surface area contributed by atoms with Crippen LogP contribution in [0.1, 0.15) is 18.5 Å². The van der Waals surface area contributed by atoms with Gasteiger partial charge < -0.3 is 14.8 Å². The van der Waals surface area contributed by atoms with Crippen molar-refractivity contribution in [2.45, 2.75) is 13.0 Å². The molecule has 1 rings (SSSR count). The molecule has 1 aromatic rings. The van der Waals surface area contributed by atoms with Crippen molar-refractivity contribution in [1.82, 2.24) is 5.32 Å². The Morgan fingerprint density at radius 3 is 2.50 bits per heavy atom. The molecule has 5 heteroatoms. The Balaban J connectivity index is 2.67. The average Bonchev–Trinajstić information content (AvgIpc) is 2.37. The van der Waals surface area contributed by atoms with Crippen molar-refractivity contribution in [1.29, 1.82) is 0 Å². The summed E-state index contributed by atoms with van der Waals surface area (Å²) in [5.74, 6) is 2.11. The fourth-order valence-corrected chi connectivity index (χ4v) is 2.06. The molecule has 0 aliphatic rings. The van der Waals surface area contributed by atoms with Crippen LogP contribution in [0.5, 0.6) is 11.5 Å². The molecule has 0 heterocycles. The highest BCUT2D eigenvalue weighted by molar-refractivity contribution is 7.84. The van der Waals surface area contributed by atoms with Gasteiger partial charge in [-0.05, 0) is 24.6 Å². The summed E-state index contributed by atoms with van der Waals surface area (Å²) in [6.45, 7) is 2.80. The van der Waals surface area contributed by atoms with E-state index in [1.54, 1.807) is 20.5 Å². The van der Waals surface area contributed by atoms with Gasteiger partial charge in [0.05, 0.1) is 14.2 Å². The van der Waals surface area contributed by atoms with Crippen LogP contribution in [0.15, 0.2) is 18.2 Å². The molecule has 0 aliphatic heterocycles. The topological polar surface area (TPSA) is 47.6 Å². The maximum Gasteiger partial charge on any atom is 0.161 e. The number of rotatable bonds is 7. The minimum absolute atomic E-state index is 0.188. The van der Waals surface area contributed by atoms with Gasteiger partial charge in [0.1, 0.15) is 0 Å². The Hall–Kier alpha value is -1.07. The summed E-state index contributed by atoms with van der Waals surface area (Å²) in [6.07, 6.45) is 1.71. The summed E-state index contributed by atoms with van der Waals surface area (Å²) in [6, 6.07) is 6.04. The molecule has 2 unspecified atom stereocenters. The molecule has 0 radical (unpaired) electrons. The quantitative estimate of drug-likeness (QED) is 0.820. The number of hydrogen-bond acceptors (Lipinski definition) is 4. The molecule has 0 saturated carbocycles. The lowest BCUT2D eigenvalue weighted by Gasteiger charge is -2.16. The molecule has 18 heavy (non-hydrogen) atoms. The number of methoxy groups -OCH3 is 2. The van der Waals surface area contributed by atoms with Crippen LogP contribution in [-0.4, -0.2) is 37.0 Å². The van der Waals surface area contributed by atoms with Gasteiger partial charge >= 0.3 is 0 Å². The first-order valence-electron chi connectivity index (χ1n) is 5.83. The summed E-state index contributed by atoms with van der Waals surface area (Å²) >= 11 is 0. The van der Waals surface area contributed by atoms with Gasteiger partial charge in [0.25, 0.3) is 0 Å². The average molecular weight is 271 g/mol. The monoisotopic (exact) mass is 271 g/mol. The highest BCUT2D eigenvalue weighted by atomic mass is 32.2. The first-order chi connectivity index (χ1) is 8.58. The number of ether oxygens (including phenoxy) is 2. The van der Waals surface area contributed by atoms with Crippen LogP contribution < -0.4 is 14.8 Å². The van der Waals surface area contributed by atoms with Crippen molar-refractivity contribution >= 4 is 10.8 Å². The molecular weight excluding hydrogens is 250 g/mol. The van der Waals surface area contributed by atoms with Crippen LogP contribution in [0, 0.1) is 0 Å². The molecular formula is C13H21NO3S. The summed E-state index contributed by atoms with van der Waals surface area (Å²) < 4.78 is 21.4. The van der Waals surface area contributed by atoms with E-state index in [4.69, 9.17) is 9.47 Å². The molecule has 0 saturated heterocycles. The van der Waals surface area contributed by atoms with Crippen LogP contribution >= 0.6 is 0 Å². The van der Waals surface area contributed by atoms with Gasteiger partial charge in [-0.3, -0.25) is 4.21 Å². The van der Waals surface area contributed by atoms with Crippen molar-refractivity contribution in [2.24, 2.45) is 0 Å². The van der Waals surface area contributed by atoms with Gasteiger partial charge in [-0.15, -0.1) is 0 Å². The lowest BCUT2D eigenvalue weighted by molar-refractivity contribution is 0.354. The van der Waals surface area contributed by atoms with Gasteiger partial charge in [0.15, 0.2) is 11.5 Å². The SMILES string of the molecule is COc1ccc(C(C)NCCS(C)=O)cc1OC. The molecule has 0 spiro atoms. The van der Waals surface area contributed by atoms with Gasteiger partial charge in [-0.2, -0.15) is 0 Å². The normalized spacial score (nSPS) is 14.0. The third-order valence-electron chi connectivity index (χ3n) is 2.75. The smallest absolute Gasteiger partial charge is 0.161 e. The maximum absolute atomic E-state index is 11.0. The van der Waals surface area contributed by atoms with E-state index in [1.165, 1.54) is 0 Å². The Labute approximate surface area is 111 Å². The van der Waals surface area contributed by atoms with E-state index in [0.29, 0.717) is 5.75 Å². The summed E-state index contributed by atoms with van der Waals surface area (Å²) in [5, 5.41) is 3.33. The fourth-order valence-electron chi connectivity index (χ4n) is 1.66. The Kier molecular flexibility index (Phi) is 6.15. The minimum atomic E-state index is -0.757. The van der Waals surface area contributed by atoms with E-state index in [-0.39, 0.29) is 6.04 Å². The predicted octanol–water partition coefficient (Wildman–Crippen LogP) is 1.73. The summed E-state index contributed by atoms with van der Waals surface area (Å²) in [4.78, 5) is 0. The van der Waals surface area contributed by atoms with Crippen molar-refractivity contribution in [2.75, 3.05) is 32.8 Å². The molecule has 4 nitrogen and oxygen atoms in total. The van der Waals surface area contributed by atoms with Crippen LogP contribution in [-0.2, 0) is 10.8 Å². The molecule has 2 atom stereocenters.